The Morgan fingerprint density at radius 2 is 1.90 bits per heavy atom. The summed E-state index contributed by atoms with van der Waals surface area (Å²) in [5.74, 6) is -0.879. The number of esters is 1. The van der Waals surface area contributed by atoms with Crippen molar-refractivity contribution in [2.75, 3.05) is 7.11 Å². The van der Waals surface area contributed by atoms with Crippen LogP contribution in [-0.2, 0) is 9.53 Å². The van der Waals surface area contributed by atoms with Crippen LogP contribution in [0.1, 0.15) is 38.1 Å². The van der Waals surface area contributed by atoms with Gasteiger partial charge in [0.2, 0.25) is 0 Å². The molecule has 116 valence electrons. The maximum Gasteiger partial charge on any atom is 0.328 e. The summed E-state index contributed by atoms with van der Waals surface area (Å²) in [7, 11) is 1.46. The topological polar surface area (TPSA) is 84.9 Å². The second-order valence-corrected chi connectivity index (χ2v) is 5.61. The average Bonchev–Trinajstić information content (AvgIpc) is 2.37. The molecule has 6 nitrogen and oxygen atoms in total. The van der Waals surface area contributed by atoms with Gasteiger partial charge in [-0.15, -0.1) is 0 Å². The van der Waals surface area contributed by atoms with Gasteiger partial charge in [0, 0.05) is 0 Å². The molecule has 0 fully saturated rings. The van der Waals surface area contributed by atoms with Gasteiger partial charge >= 0.3 is 5.97 Å². The molecule has 0 saturated heterocycles. The molecular formula is C15H21NO5. The number of carbonyl (C=O) groups excluding carboxylic acids is 2. The van der Waals surface area contributed by atoms with E-state index in [9.17, 15) is 14.7 Å². The smallest absolute Gasteiger partial charge is 0.328 e. The average molecular weight is 295 g/mol. The van der Waals surface area contributed by atoms with Gasteiger partial charge in [-0.3, -0.25) is 4.79 Å². The van der Waals surface area contributed by atoms with Gasteiger partial charge in [-0.2, -0.15) is 0 Å². The van der Waals surface area contributed by atoms with Crippen LogP contribution in [0.3, 0.4) is 0 Å². The van der Waals surface area contributed by atoms with Crippen LogP contribution in [-0.4, -0.2) is 35.7 Å². The van der Waals surface area contributed by atoms with Gasteiger partial charge in [0.25, 0.3) is 5.91 Å². The molecule has 0 aromatic heterocycles. The van der Waals surface area contributed by atoms with E-state index < -0.39 is 23.5 Å². The summed E-state index contributed by atoms with van der Waals surface area (Å²) in [5.41, 5.74) is -0.599. The predicted octanol–water partition coefficient (Wildman–Crippen LogP) is 1.86. The zero-order valence-corrected chi connectivity index (χ0v) is 12.9. The molecule has 0 aliphatic rings. The lowest BCUT2D eigenvalue weighted by Gasteiger charge is -2.22. The SMILES string of the molecule is COc1ccc(O)c(C(=O)N[C@@H](C)C(=O)OC(C)(C)C)c1. The molecule has 0 heterocycles. The van der Waals surface area contributed by atoms with Crippen LogP contribution < -0.4 is 10.1 Å². The minimum atomic E-state index is -0.831. The number of phenolic OH excluding ortho intramolecular Hbond substituents is 1. The van der Waals surface area contributed by atoms with Gasteiger partial charge in [0.1, 0.15) is 23.1 Å². The number of methoxy groups -OCH3 is 1. The maximum atomic E-state index is 12.1. The fourth-order valence-electron chi connectivity index (χ4n) is 1.55. The molecule has 6 heteroatoms. The molecule has 1 rings (SSSR count). The largest absolute Gasteiger partial charge is 0.507 e. The summed E-state index contributed by atoms with van der Waals surface area (Å²) in [4.78, 5) is 23.9. The first-order valence-electron chi connectivity index (χ1n) is 6.55. The molecule has 0 unspecified atom stereocenters. The highest BCUT2D eigenvalue weighted by molar-refractivity contribution is 5.99. The van der Waals surface area contributed by atoms with Crippen LogP contribution in [0.25, 0.3) is 0 Å². The van der Waals surface area contributed by atoms with Crippen molar-refractivity contribution in [3.05, 3.63) is 23.8 Å². The van der Waals surface area contributed by atoms with Crippen LogP contribution in [0.15, 0.2) is 18.2 Å². The third-order valence-electron chi connectivity index (χ3n) is 2.56. The van der Waals surface area contributed by atoms with E-state index in [1.54, 1.807) is 20.8 Å². The minimum Gasteiger partial charge on any atom is -0.507 e. The number of rotatable bonds is 4. The standard InChI is InChI=1S/C15H21NO5/c1-9(14(19)21-15(2,3)4)16-13(18)11-8-10(20-5)6-7-12(11)17/h6-9,17H,1-5H3,(H,16,18)/t9-/m0/s1. The van der Waals surface area contributed by atoms with Crippen molar-refractivity contribution in [1.29, 1.82) is 0 Å². The van der Waals surface area contributed by atoms with Gasteiger partial charge in [-0.1, -0.05) is 0 Å². The van der Waals surface area contributed by atoms with E-state index in [1.807, 2.05) is 0 Å². The molecule has 0 aliphatic carbocycles. The zero-order chi connectivity index (χ0) is 16.2. The Hall–Kier alpha value is -2.24. The highest BCUT2D eigenvalue weighted by Crippen LogP contribution is 2.22. The molecule has 0 radical (unpaired) electrons. The van der Waals surface area contributed by atoms with Crippen molar-refractivity contribution in [2.24, 2.45) is 0 Å². The summed E-state index contributed by atoms with van der Waals surface area (Å²) in [6, 6.07) is 3.45. The summed E-state index contributed by atoms with van der Waals surface area (Å²) < 4.78 is 10.2. The van der Waals surface area contributed by atoms with E-state index in [2.05, 4.69) is 5.32 Å². The molecule has 0 bridgehead atoms. The highest BCUT2D eigenvalue weighted by atomic mass is 16.6. The van der Waals surface area contributed by atoms with Crippen LogP contribution in [0, 0.1) is 0 Å². The molecule has 1 atom stereocenters. The van der Waals surface area contributed by atoms with Crippen LogP contribution >= 0.6 is 0 Å². The number of carbonyl (C=O) groups is 2. The molecule has 0 aliphatic heterocycles. The summed E-state index contributed by atoms with van der Waals surface area (Å²) in [5, 5.41) is 12.2. The Labute approximate surface area is 124 Å². The maximum absolute atomic E-state index is 12.1. The Bertz CT molecular complexity index is 533. The molecule has 2 N–H and O–H groups in total. The number of ether oxygens (including phenoxy) is 2. The minimum absolute atomic E-state index is 0.0322. The van der Waals surface area contributed by atoms with E-state index >= 15 is 0 Å². The van der Waals surface area contributed by atoms with E-state index in [4.69, 9.17) is 9.47 Å². The van der Waals surface area contributed by atoms with Crippen molar-refractivity contribution >= 4 is 11.9 Å². The Morgan fingerprint density at radius 1 is 1.29 bits per heavy atom. The number of aromatic hydroxyl groups is 1. The lowest BCUT2D eigenvalue weighted by atomic mass is 10.1. The van der Waals surface area contributed by atoms with Gasteiger partial charge in [0.05, 0.1) is 12.7 Å². The fourth-order valence-corrected chi connectivity index (χ4v) is 1.55. The molecule has 1 amide bonds. The van der Waals surface area contributed by atoms with Crippen molar-refractivity contribution in [2.45, 2.75) is 39.3 Å². The molecular weight excluding hydrogens is 274 g/mol. The molecule has 1 aromatic carbocycles. The fraction of sp³-hybridized carbons (Fsp3) is 0.467. The monoisotopic (exact) mass is 295 g/mol. The first kappa shape index (κ1) is 16.8. The lowest BCUT2D eigenvalue weighted by molar-refractivity contribution is -0.156. The summed E-state index contributed by atoms with van der Waals surface area (Å²) in [6.45, 7) is 6.75. The van der Waals surface area contributed by atoms with E-state index in [0.717, 1.165) is 0 Å². The van der Waals surface area contributed by atoms with Crippen LogP contribution in [0.5, 0.6) is 11.5 Å². The zero-order valence-electron chi connectivity index (χ0n) is 12.9. The normalized spacial score (nSPS) is 12.4. The second kappa shape index (κ2) is 6.47. The third-order valence-corrected chi connectivity index (χ3v) is 2.56. The number of hydrogen-bond donors (Lipinski definition) is 2. The molecule has 0 saturated carbocycles. The predicted molar refractivity (Wildman–Crippen MR) is 77.4 cm³/mol. The lowest BCUT2D eigenvalue weighted by Crippen LogP contribution is -2.42. The van der Waals surface area contributed by atoms with Crippen LogP contribution in [0.2, 0.25) is 0 Å². The molecule has 0 spiro atoms. The van der Waals surface area contributed by atoms with E-state index in [1.165, 1.54) is 32.2 Å². The highest BCUT2D eigenvalue weighted by Gasteiger charge is 2.24. The number of phenols is 1. The number of nitrogens with one attached hydrogen (secondary N) is 1. The number of hydrogen-bond acceptors (Lipinski definition) is 5. The summed E-state index contributed by atoms with van der Waals surface area (Å²) >= 11 is 0. The number of amides is 1. The van der Waals surface area contributed by atoms with Crippen molar-refractivity contribution < 1.29 is 24.2 Å². The molecule has 21 heavy (non-hydrogen) atoms. The van der Waals surface area contributed by atoms with Gasteiger partial charge in [0.15, 0.2) is 0 Å². The van der Waals surface area contributed by atoms with Crippen molar-refractivity contribution in [3.8, 4) is 11.5 Å². The van der Waals surface area contributed by atoms with Crippen molar-refractivity contribution in [3.63, 3.8) is 0 Å². The van der Waals surface area contributed by atoms with Gasteiger partial charge in [-0.05, 0) is 45.9 Å². The number of benzene rings is 1. The second-order valence-electron chi connectivity index (χ2n) is 5.61. The van der Waals surface area contributed by atoms with Gasteiger partial charge < -0.3 is 19.9 Å². The Kier molecular flexibility index (Phi) is 5.18. The van der Waals surface area contributed by atoms with E-state index in [-0.39, 0.29) is 11.3 Å². The quantitative estimate of drug-likeness (QED) is 0.828. The van der Waals surface area contributed by atoms with Crippen LogP contribution in [0.4, 0.5) is 0 Å². The van der Waals surface area contributed by atoms with E-state index in [0.29, 0.717) is 5.75 Å². The third kappa shape index (κ3) is 4.98. The van der Waals surface area contributed by atoms with Gasteiger partial charge in [-0.25, -0.2) is 4.79 Å². The first-order valence-corrected chi connectivity index (χ1v) is 6.55. The Balaban J connectivity index is 2.79. The Morgan fingerprint density at radius 3 is 2.43 bits per heavy atom. The summed E-state index contributed by atoms with van der Waals surface area (Å²) in [6.07, 6.45) is 0. The molecule has 1 aromatic rings. The van der Waals surface area contributed by atoms with Crippen molar-refractivity contribution in [1.82, 2.24) is 5.32 Å². The first-order chi connectivity index (χ1) is 9.64.